The molecule has 1 saturated carbocycles. The molecule has 0 aliphatic heterocycles. The molecule has 1 aromatic heterocycles. The number of amides is 1. The molecule has 1 fully saturated rings. The van der Waals surface area contributed by atoms with E-state index in [9.17, 15) is 9.59 Å². The molecule has 3 atom stereocenters. The lowest BCUT2D eigenvalue weighted by molar-refractivity contribution is -0.150. The molecule has 26 heavy (non-hydrogen) atoms. The molecule has 1 amide bonds. The van der Waals surface area contributed by atoms with E-state index < -0.39 is 12.1 Å². The predicted molar refractivity (Wildman–Crippen MR) is 104 cm³/mol. The number of nitrogens with zero attached hydrogens (tertiary/aromatic N) is 1. The molecule has 1 aromatic carbocycles. The van der Waals surface area contributed by atoms with Crippen molar-refractivity contribution in [3.05, 3.63) is 35.3 Å². The normalized spacial score (nSPS) is 21.6. The Hall–Kier alpha value is -2.21. The first-order valence-corrected chi connectivity index (χ1v) is 9.89. The highest BCUT2D eigenvalue weighted by Crippen LogP contribution is 2.24. The quantitative estimate of drug-likeness (QED) is 0.638. The Morgan fingerprint density at radius 1 is 1.31 bits per heavy atom. The molecule has 138 valence electrons. The number of fused-ring (bicyclic) bond motifs is 1. The molecule has 0 saturated heterocycles. The third-order valence-electron chi connectivity index (χ3n) is 4.77. The Labute approximate surface area is 157 Å². The Morgan fingerprint density at radius 3 is 2.85 bits per heavy atom. The van der Waals surface area contributed by atoms with Crippen LogP contribution in [0.1, 0.15) is 44.5 Å². The second kappa shape index (κ2) is 8.45. The summed E-state index contributed by atoms with van der Waals surface area (Å²) in [5.41, 5.74) is 0.903. The predicted octanol–water partition coefficient (Wildman–Crippen LogP) is 3.94. The van der Waals surface area contributed by atoms with Crippen molar-refractivity contribution < 1.29 is 14.3 Å². The Bertz CT molecular complexity index is 781. The van der Waals surface area contributed by atoms with Crippen molar-refractivity contribution in [2.75, 3.05) is 0 Å². The van der Waals surface area contributed by atoms with Crippen molar-refractivity contribution in [3.8, 4) is 0 Å². The number of rotatable bonds is 5. The third-order valence-corrected chi connectivity index (χ3v) is 5.78. The van der Waals surface area contributed by atoms with E-state index in [1.165, 1.54) is 23.8 Å². The van der Waals surface area contributed by atoms with Gasteiger partial charge in [-0.15, -0.1) is 11.3 Å². The van der Waals surface area contributed by atoms with Crippen LogP contribution in [0.4, 0.5) is 0 Å². The summed E-state index contributed by atoms with van der Waals surface area (Å²) >= 11 is 1.50. The number of hydrogen-bond donors (Lipinski definition) is 1. The van der Waals surface area contributed by atoms with Gasteiger partial charge in [0.05, 0.1) is 10.2 Å². The van der Waals surface area contributed by atoms with E-state index in [1.807, 2.05) is 24.3 Å². The number of thiazole rings is 1. The van der Waals surface area contributed by atoms with Gasteiger partial charge >= 0.3 is 5.97 Å². The number of hydrogen-bond acceptors (Lipinski definition) is 5. The molecular weight excluding hydrogens is 348 g/mol. The minimum Gasteiger partial charge on any atom is -0.449 e. The Kier molecular flexibility index (Phi) is 6.04. The monoisotopic (exact) mass is 372 g/mol. The molecule has 2 aromatic rings. The number of benzene rings is 1. The maximum atomic E-state index is 12.3. The smallest absolute Gasteiger partial charge is 0.331 e. The van der Waals surface area contributed by atoms with Gasteiger partial charge in [0.2, 0.25) is 0 Å². The van der Waals surface area contributed by atoms with Gasteiger partial charge in [0.1, 0.15) is 5.01 Å². The maximum absolute atomic E-state index is 12.3. The minimum atomic E-state index is -0.809. The van der Waals surface area contributed by atoms with E-state index in [1.54, 1.807) is 13.0 Å². The lowest BCUT2D eigenvalue weighted by Gasteiger charge is -2.30. The molecule has 0 unspecified atom stereocenters. The number of carbonyl (C=O) groups is 2. The topological polar surface area (TPSA) is 68.3 Å². The fourth-order valence-corrected chi connectivity index (χ4v) is 4.07. The van der Waals surface area contributed by atoms with Gasteiger partial charge in [-0.25, -0.2) is 9.78 Å². The number of ether oxygens (including phenoxy) is 1. The van der Waals surface area contributed by atoms with Gasteiger partial charge in [-0.2, -0.15) is 0 Å². The zero-order valence-corrected chi connectivity index (χ0v) is 15.9. The average Bonchev–Trinajstić information content (AvgIpc) is 3.05. The summed E-state index contributed by atoms with van der Waals surface area (Å²) < 4.78 is 6.29. The molecule has 0 spiro atoms. The van der Waals surface area contributed by atoms with Crippen LogP contribution in [0.15, 0.2) is 30.3 Å². The zero-order valence-electron chi connectivity index (χ0n) is 15.1. The first-order valence-electron chi connectivity index (χ1n) is 9.07. The van der Waals surface area contributed by atoms with Gasteiger partial charge in [-0.05, 0) is 43.9 Å². The molecule has 3 rings (SSSR count). The Morgan fingerprint density at radius 2 is 2.08 bits per heavy atom. The van der Waals surface area contributed by atoms with Crippen LogP contribution in [0, 0.1) is 5.92 Å². The highest BCUT2D eigenvalue weighted by Gasteiger charge is 2.25. The first-order chi connectivity index (χ1) is 12.5. The minimum absolute atomic E-state index is 0.177. The lowest BCUT2D eigenvalue weighted by atomic mass is 9.86. The standard InChI is InChI=1S/C20H24N2O3S/c1-13-7-3-4-8-15(13)22-20(24)14(2)25-19(23)12-11-18-21-16-9-5-6-10-17(16)26-18/h5-6,9-15H,3-4,7-8H2,1-2H3,(H,22,24)/b12-11+/t13-,14-,15+/m1/s1. The van der Waals surface area contributed by atoms with Gasteiger partial charge in [0.15, 0.2) is 6.10 Å². The molecule has 1 aliphatic carbocycles. The van der Waals surface area contributed by atoms with Gasteiger partial charge in [0, 0.05) is 12.1 Å². The van der Waals surface area contributed by atoms with Gasteiger partial charge in [0.25, 0.3) is 5.91 Å². The van der Waals surface area contributed by atoms with Gasteiger partial charge < -0.3 is 10.1 Å². The third kappa shape index (κ3) is 4.69. The van der Waals surface area contributed by atoms with Gasteiger partial charge in [-0.3, -0.25) is 4.79 Å². The summed E-state index contributed by atoms with van der Waals surface area (Å²) in [5.74, 6) is -0.302. The molecule has 6 heteroatoms. The molecule has 0 bridgehead atoms. The summed E-state index contributed by atoms with van der Waals surface area (Å²) in [6.07, 6.45) is 6.61. The van der Waals surface area contributed by atoms with E-state index in [4.69, 9.17) is 4.74 Å². The van der Waals surface area contributed by atoms with Crippen LogP contribution in [0.2, 0.25) is 0 Å². The van der Waals surface area contributed by atoms with Crippen molar-refractivity contribution >= 4 is 39.5 Å². The van der Waals surface area contributed by atoms with Crippen molar-refractivity contribution in [1.29, 1.82) is 0 Å². The van der Waals surface area contributed by atoms with Crippen molar-refractivity contribution in [2.24, 2.45) is 5.92 Å². The van der Waals surface area contributed by atoms with Crippen LogP contribution in [-0.2, 0) is 14.3 Å². The molecule has 0 radical (unpaired) electrons. The average molecular weight is 372 g/mol. The Balaban J connectivity index is 1.52. The number of aromatic nitrogens is 1. The zero-order chi connectivity index (χ0) is 18.5. The number of para-hydroxylation sites is 1. The summed E-state index contributed by atoms with van der Waals surface area (Å²) in [4.78, 5) is 28.7. The second-order valence-corrected chi connectivity index (χ2v) is 7.87. The number of carbonyl (C=O) groups excluding carboxylic acids is 2. The molecule has 1 N–H and O–H groups in total. The van der Waals surface area contributed by atoms with E-state index in [0.717, 1.165) is 34.5 Å². The fourth-order valence-electron chi connectivity index (χ4n) is 3.20. The van der Waals surface area contributed by atoms with E-state index in [0.29, 0.717) is 5.92 Å². The van der Waals surface area contributed by atoms with Crippen LogP contribution in [-0.4, -0.2) is 29.0 Å². The molecule has 1 aliphatic rings. The largest absolute Gasteiger partial charge is 0.449 e. The number of esters is 1. The van der Waals surface area contributed by atoms with Crippen LogP contribution >= 0.6 is 11.3 Å². The summed E-state index contributed by atoms with van der Waals surface area (Å²) in [6, 6.07) is 7.98. The summed E-state index contributed by atoms with van der Waals surface area (Å²) in [5, 5.41) is 3.75. The second-order valence-electron chi connectivity index (χ2n) is 6.81. The highest BCUT2D eigenvalue weighted by atomic mass is 32.1. The molecule has 1 heterocycles. The van der Waals surface area contributed by atoms with Crippen molar-refractivity contribution in [1.82, 2.24) is 10.3 Å². The van der Waals surface area contributed by atoms with Crippen molar-refractivity contribution in [3.63, 3.8) is 0 Å². The van der Waals surface area contributed by atoms with E-state index in [-0.39, 0.29) is 11.9 Å². The van der Waals surface area contributed by atoms with E-state index in [2.05, 4.69) is 17.2 Å². The summed E-state index contributed by atoms with van der Waals surface area (Å²) in [7, 11) is 0. The van der Waals surface area contributed by atoms with Gasteiger partial charge in [-0.1, -0.05) is 31.9 Å². The van der Waals surface area contributed by atoms with E-state index >= 15 is 0 Å². The van der Waals surface area contributed by atoms with Crippen LogP contribution in [0.5, 0.6) is 0 Å². The van der Waals surface area contributed by atoms with Crippen molar-refractivity contribution in [2.45, 2.75) is 51.7 Å². The summed E-state index contributed by atoms with van der Waals surface area (Å²) in [6.45, 7) is 3.76. The van der Waals surface area contributed by atoms with Crippen LogP contribution in [0.3, 0.4) is 0 Å². The number of nitrogens with one attached hydrogen (secondary N) is 1. The lowest BCUT2D eigenvalue weighted by Crippen LogP contribution is -2.45. The maximum Gasteiger partial charge on any atom is 0.331 e. The molecular formula is C20H24N2O3S. The SMILES string of the molecule is C[C@@H]1CCCC[C@@H]1NC(=O)[C@@H](C)OC(=O)/C=C/c1nc2ccccc2s1. The fraction of sp³-hybridized carbons (Fsp3) is 0.450. The van der Waals surface area contributed by atoms with Crippen LogP contribution in [0.25, 0.3) is 16.3 Å². The molecule has 5 nitrogen and oxygen atoms in total. The first kappa shape index (κ1) is 18.6. The highest BCUT2D eigenvalue weighted by molar-refractivity contribution is 7.19. The van der Waals surface area contributed by atoms with Crippen LogP contribution < -0.4 is 5.32 Å².